The number of Topliss-reactive ketones (excluding diaryl/α,β-unsaturated/α-hetero) is 1. The molecule has 114 valence electrons. The molecule has 1 aliphatic carbocycles. The first-order chi connectivity index (χ1) is 10.2. The van der Waals surface area contributed by atoms with E-state index in [-0.39, 0.29) is 5.78 Å². The average molecular weight is 290 g/mol. The lowest BCUT2D eigenvalue weighted by Crippen LogP contribution is -2.41. The summed E-state index contributed by atoms with van der Waals surface area (Å²) in [5, 5.41) is 0. The number of carbonyl (C=O) groups excluding carboxylic acids is 1. The molecule has 1 aromatic rings. The number of ketones is 1. The molecule has 0 unspecified atom stereocenters. The molecule has 0 aromatic heterocycles. The molecule has 2 rings (SSSR count). The minimum atomic E-state index is -1.24. The van der Waals surface area contributed by atoms with Gasteiger partial charge in [-0.05, 0) is 26.3 Å². The second kappa shape index (κ2) is 6.87. The van der Waals surface area contributed by atoms with Crippen molar-refractivity contribution in [2.24, 2.45) is 0 Å². The predicted octanol–water partition coefficient (Wildman–Crippen LogP) is 3.18. The Labute approximate surface area is 125 Å². The van der Waals surface area contributed by atoms with Gasteiger partial charge in [-0.3, -0.25) is 4.79 Å². The van der Waals surface area contributed by atoms with Crippen LogP contribution in [0.25, 0.3) is 5.57 Å². The van der Waals surface area contributed by atoms with Crippen LogP contribution in [0.1, 0.15) is 32.8 Å². The maximum Gasteiger partial charge on any atom is 0.241 e. The van der Waals surface area contributed by atoms with Crippen molar-refractivity contribution >= 4 is 11.4 Å². The first-order valence-corrected chi connectivity index (χ1v) is 7.42. The van der Waals surface area contributed by atoms with Crippen LogP contribution in [0, 0.1) is 0 Å². The summed E-state index contributed by atoms with van der Waals surface area (Å²) in [4.78, 5) is 12.9. The first kappa shape index (κ1) is 15.7. The van der Waals surface area contributed by atoms with Crippen LogP contribution in [-0.2, 0) is 19.0 Å². The van der Waals surface area contributed by atoms with Crippen LogP contribution in [0.15, 0.2) is 36.1 Å². The van der Waals surface area contributed by atoms with E-state index in [1.807, 2.05) is 51.1 Å². The van der Waals surface area contributed by atoms with Crippen molar-refractivity contribution in [2.45, 2.75) is 33.0 Å². The second-order valence-corrected chi connectivity index (χ2v) is 4.72. The van der Waals surface area contributed by atoms with Crippen LogP contribution in [0.4, 0.5) is 0 Å². The average Bonchev–Trinajstić information content (AvgIpc) is 2.74. The van der Waals surface area contributed by atoms with E-state index in [4.69, 9.17) is 14.2 Å². The third-order valence-electron chi connectivity index (χ3n) is 3.38. The van der Waals surface area contributed by atoms with Gasteiger partial charge in [-0.2, -0.15) is 0 Å². The lowest BCUT2D eigenvalue weighted by molar-refractivity contribution is -0.219. The Morgan fingerprint density at radius 2 is 1.62 bits per heavy atom. The molecule has 0 N–H and O–H groups in total. The van der Waals surface area contributed by atoms with Crippen LogP contribution >= 0.6 is 0 Å². The monoisotopic (exact) mass is 290 g/mol. The molecule has 0 amide bonds. The van der Waals surface area contributed by atoms with Gasteiger partial charge in [0.1, 0.15) is 5.76 Å². The van der Waals surface area contributed by atoms with Gasteiger partial charge in [0.25, 0.3) is 0 Å². The van der Waals surface area contributed by atoms with E-state index in [0.717, 1.165) is 5.56 Å². The first-order valence-electron chi connectivity index (χ1n) is 7.42. The Morgan fingerprint density at radius 1 is 1.00 bits per heavy atom. The van der Waals surface area contributed by atoms with Crippen molar-refractivity contribution in [2.75, 3.05) is 19.8 Å². The minimum absolute atomic E-state index is 0.152. The summed E-state index contributed by atoms with van der Waals surface area (Å²) in [6, 6.07) is 9.53. The largest absolute Gasteiger partial charge is 0.497 e. The van der Waals surface area contributed by atoms with Crippen molar-refractivity contribution in [3.8, 4) is 0 Å². The predicted molar refractivity (Wildman–Crippen MR) is 80.6 cm³/mol. The third kappa shape index (κ3) is 3.01. The SMILES string of the molecule is CCOC1=C(c2ccccc2)C(=O)C(OCC)(OCC)C1. The molecule has 0 heterocycles. The summed E-state index contributed by atoms with van der Waals surface area (Å²) in [7, 11) is 0. The molecule has 4 heteroatoms. The number of hydrogen-bond donors (Lipinski definition) is 0. The Hall–Kier alpha value is -1.65. The smallest absolute Gasteiger partial charge is 0.241 e. The van der Waals surface area contributed by atoms with Crippen molar-refractivity contribution in [3.05, 3.63) is 41.7 Å². The topological polar surface area (TPSA) is 44.8 Å². The van der Waals surface area contributed by atoms with Crippen LogP contribution in [0.2, 0.25) is 0 Å². The van der Waals surface area contributed by atoms with Gasteiger partial charge < -0.3 is 14.2 Å². The Bertz CT molecular complexity index is 513. The van der Waals surface area contributed by atoms with Crippen molar-refractivity contribution in [3.63, 3.8) is 0 Å². The highest BCUT2D eigenvalue weighted by atomic mass is 16.7. The van der Waals surface area contributed by atoms with E-state index in [1.54, 1.807) is 0 Å². The molecule has 0 fully saturated rings. The highest BCUT2D eigenvalue weighted by Gasteiger charge is 2.50. The molecule has 0 spiro atoms. The van der Waals surface area contributed by atoms with Gasteiger partial charge in [0, 0.05) is 13.2 Å². The fraction of sp³-hybridized carbons (Fsp3) is 0.471. The van der Waals surface area contributed by atoms with E-state index in [9.17, 15) is 4.79 Å². The van der Waals surface area contributed by atoms with Crippen molar-refractivity contribution < 1.29 is 19.0 Å². The molecule has 21 heavy (non-hydrogen) atoms. The molecule has 1 aliphatic rings. The number of benzene rings is 1. The molecule has 4 nitrogen and oxygen atoms in total. The highest BCUT2D eigenvalue weighted by Crippen LogP contribution is 2.41. The fourth-order valence-corrected chi connectivity index (χ4v) is 2.63. The number of carbonyl (C=O) groups is 1. The molecule has 0 bridgehead atoms. The second-order valence-electron chi connectivity index (χ2n) is 4.72. The van der Waals surface area contributed by atoms with Gasteiger partial charge in [-0.15, -0.1) is 0 Å². The number of hydrogen-bond acceptors (Lipinski definition) is 4. The van der Waals surface area contributed by atoms with Gasteiger partial charge >= 0.3 is 0 Å². The van der Waals surface area contributed by atoms with E-state index >= 15 is 0 Å². The molecule has 1 aromatic carbocycles. The summed E-state index contributed by atoms with van der Waals surface area (Å²) >= 11 is 0. The third-order valence-corrected chi connectivity index (χ3v) is 3.38. The van der Waals surface area contributed by atoms with Gasteiger partial charge in [0.15, 0.2) is 0 Å². The Balaban J connectivity index is 2.43. The lowest BCUT2D eigenvalue weighted by atomic mass is 10.0. The van der Waals surface area contributed by atoms with Crippen LogP contribution < -0.4 is 0 Å². The fourth-order valence-electron chi connectivity index (χ4n) is 2.63. The highest BCUT2D eigenvalue weighted by molar-refractivity contribution is 6.27. The zero-order chi connectivity index (χ0) is 15.3. The summed E-state index contributed by atoms with van der Waals surface area (Å²) in [6.07, 6.45) is 0.325. The summed E-state index contributed by atoms with van der Waals surface area (Å²) in [6.45, 7) is 6.94. The normalized spacial score (nSPS) is 17.4. The van der Waals surface area contributed by atoms with Gasteiger partial charge in [-0.25, -0.2) is 0 Å². The standard InChI is InChI=1S/C17H22O4/c1-4-19-14-12-17(20-5-2,21-6-3)16(18)15(14)13-10-8-7-9-11-13/h7-11H,4-6,12H2,1-3H3. The molecular weight excluding hydrogens is 268 g/mol. The molecular formula is C17H22O4. The van der Waals surface area contributed by atoms with E-state index in [0.29, 0.717) is 37.6 Å². The Morgan fingerprint density at radius 3 is 2.14 bits per heavy atom. The maximum absolute atomic E-state index is 12.9. The van der Waals surface area contributed by atoms with E-state index in [1.165, 1.54) is 0 Å². The number of ether oxygens (including phenoxy) is 3. The van der Waals surface area contributed by atoms with Crippen LogP contribution in [-0.4, -0.2) is 31.4 Å². The van der Waals surface area contributed by atoms with E-state index in [2.05, 4.69) is 0 Å². The lowest BCUT2D eigenvalue weighted by Gasteiger charge is -2.27. The molecule has 0 aliphatic heterocycles. The Kier molecular flexibility index (Phi) is 5.15. The molecule has 0 saturated heterocycles. The quantitative estimate of drug-likeness (QED) is 0.724. The minimum Gasteiger partial charge on any atom is -0.497 e. The maximum atomic E-state index is 12.9. The summed E-state index contributed by atoms with van der Waals surface area (Å²) < 4.78 is 17.0. The zero-order valence-electron chi connectivity index (χ0n) is 12.8. The molecule has 0 saturated carbocycles. The molecule has 0 atom stereocenters. The van der Waals surface area contributed by atoms with Gasteiger partial charge in [-0.1, -0.05) is 30.3 Å². The summed E-state index contributed by atoms with van der Waals surface area (Å²) in [5.41, 5.74) is 1.41. The van der Waals surface area contributed by atoms with Crippen LogP contribution in [0.5, 0.6) is 0 Å². The zero-order valence-corrected chi connectivity index (χ0v) is 12.8. The number of rotatable bonds is 7. The van der Waals surface area contributed by atoms with E-state index < -0.39 is 5.79 Å². The molecule has 0 radical (unpaired) electrons. The van der Waals surface area contributed by atoms with Crippen molar-refractivity contribution in [1.82, 2.24) is 0 Å². The van der Waals surface area contributed by atoms with Crippen molar-refractivity contribution in [1.29, 1.82) is 0 Å². The summed E-state index contributed by atoms with van der Waals surface area (Å²) in [5.74, 6) is -0.740. The van der Waals surface area contributed by atoms with Gasteiger partial charge in [0.2, 0.25) is 11.6 Å². The van der Waals surface area contributed by atoms with Crippen LogP contribution in [0.3, 0.4) is 0 Å². The van der Waals surface area contributed by atoms with Gasteiger partial charge in [0.05, 0.1) is 18.6 Å².